The summed E-state index contributed by atoms with van der Waals surface area (Å²) in [5.74, 6) is 1.02. The SMILES string of the molecule is O=C(Cc1cnn(-c2nc(Cl)cs2)c1)Nc1cc(C2CC2)[nH]n1. The molecular formula is C14H13ClN6OS. The van der Waals surface area contributed by atoms with E-state index in [0.717, 1.165) is 11.3 Å². The number of nitrogens with one attached hydrogen (secondary N) is 2. The van der Waals surface area contributed by atoms with Crippen LogP contribution >= 0.6 is 22.9 Å². The molecule has 0 aromatic carbocycles. The van der Waals surface area contributed by atoms with Crippen LogP contribution < -0.4 is 5.32 Å². The molecule has 3 aromatic heterocycles. The predicted octanol–water partition coefficient (Wildman–Crippen LogP) is 2.76. The zero-order chi connectivity index (χ0) is 15.8. The molecular weight excluding hydrogens is 336 g/mol. The molecule has 0 atom stereocenters. The van der Waals surface area contributed by atoms with Gasteiger partial charge in [0.1, 0.15) is 5.15 Å². The van der Waals surface area contributed by atoms with Gasteiger partial charge in [0.05, 0.1) is 12.6 Å². The lowest BCUT2D eigenvalue weighted by Gasteiger charge is -1.99. The normalized spacial score (nSPS) is 14.1. The van der Waals surface area contributed by atoms with Gasteiger partial charge in [-0.05, 0) is 18.4 Å². The van der Waals surface area contributed by atoms with E-state index >= 15 is 0 Å². The highest BCUT2D eigenvalue weighted by atomic mass is 35.5. The number of carbonyl (C=O) groups is 1. The molecule has 118 valence electrons. The van der Waals surface area contributed by atoms with E-state index in [1.165, 1.54) is 24.2 Å². The summed E-state index contributed by atoms with van der Waals surface area (Å²) >= 11 is 7.20. The van der Waals surface area contributed by atoms with E-state index < -0.39 is 0 Å². The van der Waals surface area contributed by atoms with Crippen molar-refractivity contribution >= 4 is 34.7 Å². The van der Waals surface area contributed by atoms with Gasteiger partial charge in [-0.15, -0.1) is 11.3 Å². The van der Waals surface area contributed by atoms with Gasteiger partial charge in [0.2, 0.25) is 11.0 Å². The van der Waals surface area contributed by atoms with Crippen LogP contribution in [0.1, 0.15) is 30.0 Å². The summed E-state index contributed by atoms with van der Waals surface area (Å²) in [5.41, 5.74) is 1.89. The van der Waals surface area contributed by atoms with E-state index in [-0.39, 0.29) is 12.3 Å². The van der Waals surface area contributed by atoms with Crippen molar-refractivity contribution in [1.29, 1.82) is 0 Å². The van der Waals surface area contributed by atoms with E-state index in [0.29, 0.717) is 22.0 Å². The number of H-pyrrole nitrogens is 1. The van der Waals surface area contributed by atoms with E-state index in [2.05, 4.69) is 25.6 Å². The third kappa shape index (κ3) is 3.27. The fourth-order valence-electron chi connectivity index (χ4n) is 2.28. The Morgan fingerprint density at radius 1 is 1.52 bits per heavy atom. The van der Waals surface area contributed by atoms with Gasteiger partial charge in [0.25, 0.3) is 0 Å². The first-order valence-corrected chi connectivity index (χ1v) is 8.43. The molecule has 0 unspecified atom stereocenters. The molecule has 1 fully saturated rings. The molecule has 23 heavy (non-hydrogen) atoms. The van der Waals surface area contributed by atoms with Crippen molar-refractivity contribution in [2.24, 2.45) is 0 Å². The highest BCUT2D eigenvalue weighted by Gasteiger charge is 2.25. The van der Waals surface area contributed by atoms with Crippen LogP contribution in [0.15, 0.2) is 23.8 Å². The average molecular weight is 349 g/mol. The van der Waals surface area contributed by atoms with Crippen molar-refractivity contribution < 1.29 is 4.79 Å². The van der Waals surface area contributed by atoms with Crippen molar-refractivity contribution in [1.82, 2.24) is 25.0 Å². The van der Waals surface area contributed by atoms with Gasteiger partial charge < -0.3 is 5.32 Å². The summed E-state index contributed by atoms with van der Waals surface area (Å²) in [6.45, 7) is 0. The number of hydrogen-bond acceptors (Lipinski definition) is 5. The first-order chi connectivity index (χ1) is 11.2. The Morgan fingerprint density at radius 2 is 2.39 bits per heavy atom. The second kappa shape index (κ2) is 5.78. The van der Waals surface area contributed by atoms with Crippen LogP contribution in [-0.2, 0) is 11.2 Å². The monoisotopic (exact) mass is 348 g/mol. The summed E-state index contributed by atoms with van der Waals surface area (Å²) in [7, 11) is 0. The molecule has 0 saturated heterocycles. The van der Waals surface area contributed by atoms with Crippen LogP contribution in [0.4, 0.5) is 5.82 Å². The summed E-state index contributed by atoms with van der Waals surface area (Å²) in [6, 6.07) is 1.90. The number of hydrogen-bond donors (Lipinski definition) is 2. The molecule has 3 aromatic rings. The van der Waals surface area contributed by atoms with Crippen LogP contribution in [0.3, 0.4) is 0 Å². The average Bonchev–Trinajstić information content (AvgIpc) is 2.91. The molecule has 0 radical (unpaired) electrons. The second-order valence-corrected chi connectivity index (χ2v) is 6.68. The smallest absolute Gasteiger partial charge is 0.230 e. The van der Waals surface area contributed by atoms with Crippen molar-refractivity contribution in [3.8, 4) is 5.13 Å². The Morgan fingerprint density at radius 3 is 3.13 bits per heavy atom. The maximum atomic E-state index is 12.1. The molecule has 0 aliphatic heterocycles. The van der Waals surface area contributed by atoms with Crippen molar-refractivity contribution in [3.05, 3.63) is 40.3 Å². The van der Waals surface area contributed by atoms with E-state index in [1.54, 1.807) is 22.5 Å². The zero-order valence-electron chi connectivity index (χ0n) is 12.0. The first-order valence-electron chi connectivity index (χ1n) is 7.17. The highest BCUT2D eigenvalue weighted by Crippen LogP contribution is 2.39. The maximum absolute atomic E-state index is 12.1. The van der Waals surface area contributed by atoms with Gasteiger partial charge >= 0.3 is 0 Å². The Balaban J connectivity index is 1.39. The number of thiazole rings is 1. The Labute approximate surface area is 140 Å². The third-order valence-electron chi connectivity index (χ3n) is 3.54. The third-order valence-corrected chi connectivity index (χ3v) is 4.70. The minimum atomic E-state index is -0.129. The molecule has 1 aliphatic rings. The van der Waals surface area contributed by atoms with Crippen LogP contribution in [0.2, 0.25) is 5.15 Å². The van der Waals surface area contributed by atoms with E-state index in [4.69, 9.17) is 11.6 Å². The van der Waals surface area contributed by atoms with Crippen molar-refractivity contribution in [2.75, 3.05) is 5.32 Å². The van der Waals surface area contributed by atoms with Gasteiger partial charge in [-0.2, -0.15) is 10.2 Å². The molecule has 0 bridgehead atoms. The second-order valence-electron chi connectivity index (χ2n) is 5.45. The quantitative estimate of drug-likeness (QED) is 0.742. The maximum Gasteiger partial charge on any atom is 0.230 e. The van der Waals surface area contributed by atoms with E-state index in [1.807, 2.05) is 6.07 Å². The van der Waals surface area contributed by atoms with Crippen LogP contribution in [0.5, 0.6) is 0 Å². The minimum absolute atomic E-state index is 0.129. The zero-order valence-corrected chi connectivity index (χ0v) is 13.6. The standard InChI is InChI=1S/C14H13ClN6OS/c15-11-7-23-14(17-11)21-6-8(5-16-21)3-13(22)18-12-4-10(19-20-12)9-1-2-9/h4-7,9H,1-3H2,(H2,18,19,20,22). The molecule has 2 N–H and O–H groups in total. The predicted molar refractivity (Wildman–Crippen MR) is 87.1 cm³/mol. The van der Waals surface area contributed by atoms with Crippen molar-refractivity contribution in [2.45, 2.75) is 25.2 Å². The van der Waals surface area contributed by atoms with Gasteiger partial charge in [0, 0.05) is 29.3 Å². The minimum Gasteiger partial charge on any atom is -0.309 e. The van der Waals surface area contributed by atoms with Crippen molar-refractivity contribution in [3.63, 3.8) is 0 Å². The number of rotatable bonds is 5. The summed E-state index contributed by atoms with van der Waals surface area (Å²) in [4.78, 5) is 16.2. The largest absolute Gasteiger partial charge is 0.309 e. The molecule has 7 nitrogen and oxygen atoms in total. The van der Waals surface area contributed by atoms with Gasteiger partial charge in [-0.3, -0.25) is 9.89 Å². The number of carbonyl (C=O) groups excluding carboxylic acids is 1. The molecule has 1 saturated carbocycles. The van der Waals surface area contributed by atoms with E-state index in [9.17, 15) is 4.79 Å². The fraction of sp³-hybridized carbons (Fsp3) is 0.286. The number of halogens is 1. The lowest BCUT2D eigenvalue weighted by molar-refractivity contribution is -0.115. The van der Waals surface area contributed by atoms with Crippen LogP contribution in [-0.4, -0.2) is 30.9 Å². The molecule has 0 spiro atoms. The lowest BCUT2D eigenvalue weighted by Crippen LogP contribution is -2.14. The topological polar surface area (TPSA) is 88.5 Å². The number of aromatic nitrogens is 5. The Hall–Kier alpha value is -2.19. The lowest BCUT2D eigenvalue weighted by atomic mass is 10.2. The highest BCUT2D eigenvalue weighted by molar-refractivity contribution is 7.12. The number of aromatic amines is 1. The summed E-state index contributed by atoms with van der Waals surface area (Å²) in [5, 5.41) is 16.9. The molecule has 1 aliphatic carbocycles. The van der Waals surface area contributed by atoms with Gasteiger partial charge in [-0.1, -0.05) is 11.6 Å². The van der Waals surface area contributed by atoms with Gasteiger partial charge in [-0.25, -0.2) is 9.67 Å². The van der Waals surface area contributed by atoms with Crippen LogP contribution in [0, 0.1) is 0 Å². The number of nitrogens with zero attached hydrogens (tertiary/aromatic N) is 4. The Bertz CT molecular complexity index is 849. The number of amides is 1. The number of anilines is 1. The molecule has 3 heterocycles. The molecule has 9 heteroatoms. The van der Waals surface area contributed by atoms with Gasteiger partial charge in [0.15, 0.2) is 5.82 Å². The summed E-state index contributed by atoms with van der Waals surface area (Å²) in [6.07, 6.45) is 6.03. The summed E-state index contributed by atoms with van der Waals surface area (Å²) < 4.78 is 1.61. The molecule has 1 amide bonds. The fourth-order valence-corrected chi connectivity index (χ4v) is 3.16. The Kier molecular flexibility index (Phi) is 3.62. The van der Waals surface area contributed by atoms with Crippen LogP contribution in [0.25, 0.3) is 5.13 Å². The first kappa shape index (κ1) is 14.4. The molecule has 4 rings (SSSR count).